The Hall–Kier alpha value is -2.42. The van der Waals surface area contributed by atoms with Crippen LogP contribution in [0.1, 0.15) is 98.9 Å². The van der Waals surface area contributed by atoms with Gasteiger partial charge in [-0.3, -0.25) is 9.36 Å². The van der Waals surface area contributed by atoms with Gasteiger partial charge in [0, 0.05) is 36.4 Å². The molecule has 2 atom stereocenters. The Labute approximate surface area is 208 Å². The van der Waals surface area contributed by atoms with Crippen molar-refractivity contribution < 1.29 is 52.7 Å². The van der Waals surface area contributed by atoms with Gasteiger partial charge in [0.05, 0.1) is 5.56 Å². The predicted molar refractivity (Wildman–Crippen MR) is 107 cm³/mol. The summed E-state index contributed by atoms with van der Waals surface area (Å²) in [4.78, 5) is 0. The average Bonchev–Trinajstić information content (AvgIpc) is 3.14. The van der Waals surface area contributed by atoms with E-state index in [9.17, 15) is 52.7 Å². The second-order valence-electron chi connectivity index (χ2n) is 10.2. The first-order chi connectivity index (χ1) is 17.0. The van der Waals surface area contributed by atoms with Crippen LogP contribution < -0.4 is 0 Å². The number of hydrogen-bond donors (Lipinski definition) is 0. The van der Waals surface area contributed by atoms with Gasteiger partial charge >= 0.3 is 12.4 Å². The molecule has 0 spiro atoms. The molecule has 0 amide bonds. The molecular weight excluding hydrogens is 548 g/mol. The van der Waals surface area contributed by atoms with Crippen LogP contribution in [0.2, 0.25) is 0 Å². The van der Waals surface area contributed by atoms with Gasteiger partial charge in [-0.25, -0.2) is 8.78 Å². The first-order valence-corrected chi connectivity index (χ1v) is 11.6. The van der Waals surface area contributed by atoms with Gasteiger partial charge in [0.15, 0.2) is 11.4 Å². The maximum Gasteiger partial charge on any atom is 0.435 e. The fourth-order valence-electron chi connectivity index (χ4n) is 5.06. The Morgan fingerprint density at radius 1 is 0.711 bits per heavy atom. The summed E-state index contributed by atoms with van der Waals surface area (Å²) in [6.45, 7) is 5.70. The molecule has 1 fully saturated rings. The van der Waals surface area contributed by atoms with Crippen molar-refractivity contribution in [3.05, 3.63) is 33.9 Å². The minimum absolute atomic E-state index is 0.132. The SMILES string of the molecule is CC(C)n1nc(C(F)(F)F)c2c1C(F)(F)CCC2(F)F.CC(C)n1nc(C(F)(F)F)c2c1C(F)(F)[C@@H]1C[C@H]21. The highest BCUT2D eigenvalue weighted by Crippen LogP contribution is 2.68. The first kappa shape index (κ1) is 28.6. The van der Waals surface area contributed by atoms with E-state index in [2.05, 4.69) is 10.2 Å². The number of rotatable bonds is 2. The maximum atomic E-state index is 14.0. The van der Waals surface area contributed by atoms with Crippen LogP contribution in [-0.4, -0.2) is 19.6 Å². The lowest BCUT2D eigenvalue weighted by Gasteiger charge is -2.30. The molecule has 16 heteroatoms. The van der Waals surface area contributed by atoms with Gasteiger partial charge < -0.3 is 0 Å². The average molecular weight is 570 g/mol. The fraction of sp³-hybridized carbons (Fsp3) is 0.727. The van der Waals surface area contributed by atoms with Crippen molar-refractivity contribution in [3.63, 3.8) is 0 Å². The van der Waals surface area contributed by atoms with Crippen LogP contribution in [-0.2, 0) is 30.1 Å². The van der Waals surface area contributed by atoms with Crippen molar-refractivity contribution in [2.24, 2.45) is 5.92 Å². The van der Waals surface area contributed by atoms with Gasteiger partial charge in [-0.05, 0) is 40.0 Å². The molecule has 2 aromatic heterocycles. The van der Waals surface area contributed by atoms with Crippen molar-refractivity contribution in [1.82, 2.24) is 19.6 Å². The van der Waals surface area contributed by atoms with E-state index in [1.54, 1.807) is 13.8 Å². The standard InChI is InChI=1S/C11H11F7N2.C11H11F5N2/c1-5(2)20-8-6(7(19-20)11(16,17)18)9(12,13)3-4-10(8,14)15;1-4(2)18-9-7(8(17-18)11(14,15)16)5-3-6(5)10(9,12)13/h5H,3-4H2,1-2H3;4-6H,3H2,1-2H3/t;5-,6+/m.0/s1. The van der Waals surface area contributed by atoms with E-state index in [1.807, 2.05) is 0 Å². The molecule has 0 N–H and O–H groups in total. The maximum absolute atomic E-state index is 14.0. The molecule has 3 aliphatic rings. The second kappa shape index (κ2) is 8.29. The monoisotopic (exact) mass is 570 g/mol. The number of aromatic nitrogens is 4. The molecule has 2 heterocycles. The highest BCUT2D eigenvalue weighted by atomic mass is 19.4. The van der Waals surface area contributed by atoms with Crippen molar-refractivity contribution in [3.8, 4) is 0 Å². The molecule has 0 aliphatic heterocycles. The fourth-order valence-corrected chi connectivity index (χ4v) is 5.06. The van der Waals surface area contributed by atoms with E-state index in [0.717, 1.165) is 4.68 Å². The summed E-state index contributed by atoms with van der Waals surface area (Å²) in [6.07, 6.45) is -12.3. The quantitative estimate of drug-likeness (QED) is 0.342. The van der Waals surface area contributed by atoms with Gasteiger partial charge in [-0.15, -0.1) is 0 Å². The second-order valence-corrected chi connectivity index (χ2v) is 10.2. The van der Waals surface area contributed by atoms with Crippen LogP contribution in [0.4, 0.5) is 52.7 Å². The molecule has 3 aliphatic carbocycles. The van der Waals surface area contributed by atoms with Crippen molar-refractivity contribution in [1.29, 1.82) is 0 Å². The van der Waals surface area contributed by atoms with Crippen molar-refractivity contribution in [2.45, 2.75) is 95.1 Å². The zero-order valence-corrected chi connectivity index (χ0v) is 20.3. The van der Waals surface area contributed by atoms with Crippen molar-refractivity contribution >= 4 is 0 Å². The number of hydrogen-bond acceptors (Lipinski definition) is 2. The summed E-state index contributed by atoms with van der Waals surface area (Å²) >= 11 is 0. The van der Waals surface area contributed by atoms with E-state index in [1.165, 1.54) is 13.8 Å². The van der Waals surface area contributed by atoms with Gasteiger partial charge in [0.25, 0.3) is 17.8 Å². The molecule has 38 heavy (non-hydrogen) atoms. The summed E-state index contributed by atoms with van der Waals surface area (Å²) in [7, 11) is 0. The minimum Gasteiger partial charge on any atom is -0.260 e. The lowest BCUT2D eigenvalue weighted by Crippen LogP contribution is -2.33. The highest BCUT2D eigenvalue weighted by molar-refractivity contribution is 5.47. The van der Waals surface area contributed by atoms with E-state index >= 15 is 0 Å². The number of halogens is 12. The molecule has 0 saturated heterocycles. The Morgan fingerprint density at radius 3 is 1.63 bits per heavy atom. The molecule has 0 unspecified atom stereocenters. The minimum atomic E-state index is -5.21. The van der Waals surface area contributed by atoms with Crippen LogP contribution in [0.3, 0.4) is 0 Å². The summed E-state index contributed by atoms with van der Waals surface area (Å²) < 4.78 is 161. The van der Waals surface area contributed by atoms with E-state index in [0.29, 0.717) is 4.68 Å². The summed E-state index contributed by atoms with van der Waals surface area (Å²) in [6, 6.07) is -1.40. The molecule has 0 aromatic carbocycles. The van der Waals surface area contributed by atoms with Crippen LogP contribution in [0.15, 0.2) is 0 Å². The van der Waals surface area contributed by atoms with Crippen LogP contribution in [0, 0.1) is 5.92 Å². The van der Waals surface area contributed by atoms with Crippen LogP contribution >= 0.6 is 0 Å². The molecule has 0 radical (unpaired) electrons. The van der Waals surface area contributed by atoms with E-state index in [4.69, 9.17) is 0 Å². The molecule has 2 aromatic rings. The molecule has 5 rings (SSSR count). The van der Waals surface area contributed by atoms with Gasteiger partial charge in [0.2, 0.25) is 0 Å². The first-order valence-electron chi connectivity index (χ1n) is 11.6. The normalized spacial score (nSPS) is 24.6. The molecule has 0 bridgehead atoms. The van der Waals surface area contributed by atoms with Gasteiger partial charge in [-0.2, -0.15) is 54.1 Å². The topological polar surface area (TPSA) is 35.6 Å². The van der Waals surface area contributed by atoms with Crippen LogP contribution in [0.25, 0.3) is 0 Å². The number of fused-ring (bicyclic) bond motifs is 4. The third-order valence-electron chi connectivity index (χ3n) is 6.78. The summed E-state index contributed by atoms with van der Waals surface area (Å²) in [5.41, 5.74) is -6.86. The summed E-state index contributed by atoms with van der Waals surface area (Å²) in [5, 5.41) is 6.37. The highest BCUT2D eigenvalue weighted by Gasteiger charge is 2.68. The third kappa shape index (κ3) is 4.34. The number of alkyl halides is 12. The van der Waals surface area contributed by atoms with E-state index < -0.39 is 95.2 Å². The molecular formula is C22H22F12N4. The largest absolute Gasteiger partial charge is 0.435 e. The lowest BCUT2D eigenvalue weighted by atomic mass is 9.89. The van der Waals surface area contributed by atoms with E-state index in [-0.39, 0.29) is 12.0 Å². The number of nitrogens with zero attached hydrogens (tertiary/aromatic N) is 4. The van der Waals surface area contributed by atoms with Gasteiger partial charge in [0.1, 0.15) is 11.4 Å². The Bertz CT molecular complexity index is 1230. The van der Waals surface area contributed by atoms with Crippen LogP contribution in [0.5, 0.6) is 0 Å². The molecule has 214 valence electrons. The van der Waals surface area contributed by atoms with Gasteiger partial charge in [-0.1, -0.05) is 0 Å². The predicted octanol–water partition coefficient (Wildman–Crippen LogP) is 8.15. The summed E-state index contributed by atoms with van der Waals surface area (Å²) in [5.74, 6) is -12.5. The smallest absolute Gasteiger partial charge is 0.260 e. The zero-order valence-electron chi connectivity index (χ0n) is 20.3. The Balaban J connectivity index is 0.000000178. The zero-order chi connectivity index (χ0) is 29.0. The molecule has 1 saturated carbocycles. The Morgan fingerprint density at radius 2 is 1.16 bits per heavy atom. The third-order valence-corrected chi connectivity index (χ3v) is 6.78. The lowest BCUT2D eigenvalue weighted by molar-refractivity contribution is -0.149. The Kier molecular flexibility index (Phi) is 6.24. The molecule has 4 nitrogen and oxygen atoms in total. The van der Waals surface area contributed by atoms with Crippen molar-refractivity contribution in [2.75, 3.05) is 0 Å².